The van der Waals surface area contributed by atoms with Gasteiger partial charge >= 0.3 is 0 Å². The molecule has 0 amide bonds. The summed E-state index contributed by atoms with van der Waals surface area (Å²) in [5.41, 5.74) is 12.2. The molecule has 1 aromatic heterocycles. The third kappa shape index (κ3) is 5.13. The Balaban J connectivity index is 1.49. The van der Waals surface area contributed by atoms with Crippen molar-refractivity contribution in [1.29, 1.82) is 0 Å². The van der Waals surface area contributed by atoms with Gasteiger partial charge < -0.3 is 0 Å². The number of benzene rings is 5. The van der Waals surface area contributed by atoms with E-state index in [1.54, 1.807) is 0 Å². The van der Waals surface area contributed by atoms with Gasteiger partial charge in [-0.1, -0.05) is 117 Å². The Kier molecular flexibility index (Phi) is 6.37. The summed E-state index contributed by atoms with van der Waals surface area (Å²) in [5.74, 6) is 0. The first-order chi connectivity index (χ1) is 18.8. The van der Waals surface area contributed by atoms with E-state index in [1.165, 1.54) is 55.3 Å². The van der Waals surface area contributed by atoms with Crippen LogP contribution in [0, 0.1) is 6.92 Å². The molecule has 0 aliphatic rings. The summed E-state index contributed by atoms with van der Waals surface area (Å²) in [6.45, 7) is 8.91. The third-order valence-corrected chi connectivity index (χ3v) is 7.55. The van der Waals surface area contributed by atoms with Gasteiger partial charge in [0.2, 0.25) is 0 Å². The summed E-state index contributed by atoms with van der Waals surface area (Å²) in [6.07, 6.45) is 1.90. The second kappa shape index (κ2) is 10.0. The van der Waals surface area contributed by atoms with Crippen molar-refractivity contribution in [1.82, 2.24) is 4.98 Å². The zero-order valence-corrected chi connectivity index (χ0v) is 23.1. The molecule has 0 aliphatic carbocycles. The van der Waals surface area contributed by atoms with Crippen molar-refractivity contribution in [3.8, 4) is 44.6 Å². The lowest BCUT2D eigenvalue weighted by Crippen LogP contribution is -2.10. The monoisotopic (exact) mass is 503 g/mol. The summed E-state index contributed by atoms with van der Waals surface area (Å²) < 4.78 is 0. The maximum absolute atomic E-state index is 4.78. The summed E-state index contributed by atoms with van der Waals surface area (Å²) in [6, 6.07) is 44.1. The van der Waals surface area contributed by atoms with E-state index in [-0.39, 0.29) is 5.41 Å². The number of hydrogen-bond donors (Lipinski definition) is 0. The van der Waals surface area contributed by atoms with Gasteiger partial charge in [0, 0.05) is 17.1 Å². The number of fused-ring (bicyclic) bond motifs is 1. The fourth-order valence-electron chi connectivity index (χ4n) is 5.23. The molecule has 0 aliphatic heterocycles. The van der Waals surface area contributed by atoms with Crippen molar-refractivity contribution >= 4 is 10.8 Å². The second-order valence-corrected chi connectivity index (χ2v) is 11.5. The van der Waals surface area contributed by atoms with Crippen LogP contribution in [0.25, 0.3) is 55.4 Å². The second-order valence-electron chi connectivity index (χ2n) is 11.5. The van der Waals surface area contributed by atoms with E-state index in [4.69, 9.17) is 4.98 Å². The van der Waals surface area contributed by atoms with Gasteiger partial charge in [-0.25, -0.2) is 0 Å². The Labute approximate surface area is 231 Å². The molecule has 0 bridgehead atoms. The van der Waals surface area contributed by atoms with Crippen LogP contribution in [-0.4, -0.2) is 4.98 Å². The van der Waals surface area contributed by atoms with E-state index in [1.807, 2.05) is 6.20 Å². The molecule has 1 heterocycles. The van der Waals surface area contributed by atoms with Crippen LogP contribution in [0.4, 0.5) is 0 Å². The van der Waals surface area contributed by atoms with Gasteiger partial charge in [0.15, 0.2) is 0 Å². The Morgan fingerprint density at radius 1 is 0.487 bits per heavy atom. The minimum atomic E-state index is 0.128. The van der Waals surface area contributed by atoms with Crippen LogP contribution < -0.4 is 0 Å². The number of rotatable bonds is 4. The van der Waals surface area contributed by atoms with Crippen LogP contribution >= 0.6 is 0 Å². The van der Waals surface area contributed by atoms with E-state index < -0.39 is 0 Å². The average Bonchev–Trinajstić information content (AvgIpc) is 2.97. The largest absolute Gasteiger partial charge is 0.256 e. The zero-order chi connectivity index (χ0) is 27.0. The van der Waals surface area contributed by atoms with Gasteiger partial charge in [0.1, 0.15) is 0 Å². The van der Waals surface area contributed by atoms with Crippen molar-refractivity contribution in [3.05, 3.63) is 139 Å². The number of nitrogens with zero attached hydrogens (tertiary/aromatic N) is 1. The predicted molar refractivity (Wildman–Crippen MR) is 167 cm³/mol. The number of hydrogen-bond acceptors (Lipinski definition) is 1. The molecule has 190 valence electrons. The first kappa shape index (κ1) is 24.8. The fourth-order valence-corrected chi connectivity index (χ4v) is 5.23. The molecule has 0 radical (unpaired) electrons. The molecule has 39 heavy (non-hydrogen) atoms. The van der Waals surface area contributed by atoms with Crippen LogP contribution in [0.5, 0.6) is 0 Å². The molecule has 0 atom stereocenters. The molecule has 0 saturated heterocycles. The lowest BCUT2D eigenvalue weighted by molar-refractivity contribution is 0.590. The Hall–Kier alpha value is -4.49. The van der Waals surface area contributed by atoms with Crippen LogP contribution in [0.15, 0.2) is 128 Å². The van der Waals surface area contributed by atoms with E-state index in [0.29, 0.717) is 0 Å². The maximum Gasteiger partial charge on any atom is 0.0780 e. The molecule has 0 spiro atoms. The Morgan fingerprint density at radius 3 is 1.72 bits per heavy atom. The van der Waals surface area contributed by atoms with Gasteiger partial charge in [-0.2, -0.15) is 0 Å². The molecule has 0 saturated carbocycles. The number of pyridine rings is 1. The summed E-state index contributed by atoms with van der Waals surface area (Å²) >= 11 is 0. The van der Waals surface area contributed by atoms with E-state index >= 15 is 0 Å². The van der Waals surface area contributed by atoms with Crippen molar-refractivity contribution in [2.24, 2.45) is 0 Å². The van der Waals surface area contributed by atoms with Crippen molar-refractivity contribution in [2.75, 3.05) is 0 Å². The molecule has 6 rings (SSSR count). The number of aromatic nitrogens is 1. The van der Waals surface area contributed by atoms with E-state index in [0.717, 1.165) is 11.3 Å². The minimum absolute atomic E-state index is 0.128. The van der Waals surface area contributed by atoms with Crippen molar-refractivity contribution in [2.45, 2.75) is 33.1 Å². The quantitative estimate of drug-likeness (QED) is 0.233. The van der Waals surface area contributed by atoms with Crippen molar-refractivity contribution in [3.63, 3.8) is 0 Å². The molecule has 5 aromatic carbocycles. The first-order valence-electron chi connectivity index (χ1n) is 13.6. The van der Waals surface area contributed by atoms with Gasteiger partial charge in [0.05, 0.1) is 5.69 Å². The molecule has 1 heteroatoms. The van der Waals surface area contributed by atoms with Gasteiger partial charge in [-0.15, -0.1) is 0 Å². The predicted octanol–water partition coefficient (Wildman–Crippen LogP) is 10.5. The molecule has 0 fully saturated rings. The first-order valence-corrected chi connectivity index (χ1v) is 13.6. The topological polar surface area (TPSA) is 12.9 Å². The summed E-state index contributed by atoms with van der Waals surface area (Å²) in [4.78, 5) is 4.78. The average molecular weight is 504 g/mol. The molecule has 0 unspecified atom stereocenters. The molecular weight excluding hydrogens is 470 g/mol. The summed E-state index contributed by atoms with van der Waals surface area (Å²) in [7, 11) is 0. The molecule has 0 N–H and O–H groups in total. The van der Waals surface area contributed by atoms with Crippen LogP contribution in [0.2, 0.25) is 0 Å². The highest BCUT2D eigenvalue weighted by molar-refractivity contribution is 5.95. The lowest BCUT2D eigenvalue weighted by Gasteiger charge is -2.19. The van der Waals surface area contributed by atoms with Gasteiger partial charge in [-0.05, 0) is 87.0 Å². The maximum atomic E-state index is 4.78. The van der Waals surface area contributed by atoms with E-state index in [9.17, 15) is 0 Å². The SMILES string of the molecule is Cc1ccc(-c2cc(-c3ccc(C(C)(C)C)cc3)cc(-c3cccc(-c4nccc5ccccc45)c3)c2)cc1. The highest BCUT2D eigenvalue weighted by Crippen LogP contribution is 2.36. The molecule has 6 aromatic rings. The molecular formula is C38H33N. The van der Waals surface area contributed by atoms with Crippen LogP contribution in [0.3, 0.4) is 0 Å². The van der Waals surface area contributed by atoms with E-state index in [2.05, 4.69) is 149 Å². The summed E-state index contributed by atoms with van der Waals surface area (Å²) in [5, 5.41) is 2.38. The minimum Gasteiger partial charge on any atom is -0.256 e. The van der Waals surface area contributed by atoms with Crippen LogP contribution in [0.1, 0.15) is 31.9 Å². The fraction of sp³-hybridized carbons (Fsp3) is 0.132. The number of aryl methyl sites for hydroxylation is 1. The molecule has 1 nitrogen and oxygen atoms in total. The highest BCUT2D eigenvalue weighted by Gasteiger charge is 2.14. The van der Waals surface area contributed by atoms with Gasteiger partial charge in [-0.3, -0.25) is 4.98 Å². The standard InChI is InChI=1S/C38H33N/c1-26-12-14-27(15-13-26)32-23-33(28-16-18-35(19-17-28)38(2,3)4)25-34(24-32)30-9-7-10-31(22-30)37-36-11-6-5-8-29(36)20-21-39-37/h5-25H,1-4H3. The van der Waals surface area contributed by atoms with Crippen LogP contribution in [-0.2, 0) is 5.41 Å². The lowest BCUT2D eigenvalue weighted by atomic mass is 9.85. The highest BCUT2D eigenvalue weighted by atomic mass is 14.7. The third-order valence-electron chi connectivity index (χ3n) is 7.55. The zero-order valence-electron chi connectivity index (χ0n) is 23.1. The van der Waals surface area contributed by atoms with Crippen molar-refractivity contribution < 1.29 is 0 Å². The Morgan fingerprint density at radius 2 is 1.05 bits per heavy atom. The smallest absolute Gasteiger partial charge is 0.0780 e. The Bertz CT molecular complexity index is 1760. The normalized spacial score (nSPS) is 11.6. The van der Waals surface area contributed by atoms with Gasteiger partial charge in [0.25, 0.3) is 0 Å².